The Morgan fingerprint density at radius 1 is 1.02 bits per heavy atom. The number of aryl methyl sites for hydroxylation is 1. The van der Waals surface area contributed by atoms with Gasteiger partial charge in [-0.2, -0.15) is 9.50 Å². The van der Waals surface area contributed by atoms with Crippen LogP contribution in [0.5, 0.6) is 5.88 Å². The molecule has 1 fully saturated rings. The Kier molecular flexibility index (Phi) is 8.82. The maximum atomic E-state index is 14.1. The van der Waals surface area contributed by atoms with Crippen molar-refractivity contribution in [2.45, 2.75) is 58.1 Å². The van der Waals surface area contributed by atoms with Gasteiger partial charge in [0, 0.05) is 49.7 Å². The van der Waals surface area contributed by atoms with Crippen LogP contribution < -0.4 is 20.5 Å². The smallest absolute Gasteiger partial charge is 0.410 e. The van der Waals surface area contributed by atoms with Crippen molar-refractivity contribution in [3.05, 3.63) is 58.1 Å². The standard InChI is InChI=1S/C31H37F5N8O5S/c1-7-23-26(41-12-14-42(15-13-41)30(47)49-31(3,4)5)28(46)44-29(39-27(40-44)20-10-11-37-25(17-20)48-6)43(23)18-24(45)38-22-9-8-21(16-19(22)2)50(32,33,34,35)36/h8-11,16-17H,7,12-15,18H2,1-6H3,(H,38,45). The lowest BCUT2D eigenvalue weighted by Crippen LogP contribution is -2.51. The fourth-order valence-corrected chi connectivity index (χ4v) is 6.23. The number of anilines is 2. The topological polar surface area (TPSA) is 136 Å². The number of benzene rings is 1. The van der Waals surface area contributed by atoms with Crippen molar-refractivity contribution >= 4 is 39.4 Å². The molecule has 1 saturated heterocycles. The first kappa shape index (κ1) is 36.3. The van der Waals surface area contributed by atoms with Gasteiger partial charge >= 0.3 is 16.3 Å². The quantitative estimate of drug-likeness (QED) is 0.211. The van der Waals surface area contributed by atoms with Crippen LogP contribution in [0.1, 0.15) is 39.0 Å². The Balaban J connectivity index is 1.55. The Hall–Kier alpha value is -4.94. The summed E-state index contributed by atoms with van der Waals surface area (Å²) < 4.78 is 80.2. The van der Waals surface area contributed by atoms with Crippen LogP contribution in [0.15, 0.2) is 46.2 Å². The molecule has 3 aromatic heterocycles. The Bertz CT molecular complexity index is 2040. The minimum Gasteiger partial charge on any atom is -0.481 e. The second kappa shape index (κ2) is 12.1. The number of methoxy groups -OCH3 is 1. The average molecular weight is 729 g/mol. The molecule has 5 rings (SSSR count). The highest BCUT2D eigenvalue weighted by Gasteiger charge is 2.65. The number of hydrogen-bond donors (Lipinski definition) is 1. The Morgan fingerprint density at radius 2 is 1.70 bits per heavy atom. The van der Waals surface area contributed by atoms with Crippen molar-refractivity contribution in [2.24, 2.45) is 0 Å². The minimum absolute atomic E-state index is 0.00287. The van der Waals surface area contributed by atoms with Gasteiger partial charge in [-0.25, -0.2) is 9.78 Å². The summed E-state index contributed by atoms with van der Waals surface area (Å²) in [6.45, 7) is 8.72. The van der Waals surface area contributed by atoms with Gasteiger partial charge in [-0.3, -0.25) is 9.59 Å². The fourth-order valence-electron chi connectivity index (χ4n) is 5.50. The maximum absolute atomic E-state index is 14.1. The monoisotopic (exact) mass is 728 g/mol. The van der Waals surface area contributed by atoms with Crippen LogP contribution in [0.25, 0.3) is 17.2 Å². The number of ether oxygens (including phenoxy) is 2. The summed E-state index contributed by atoms with van der Waals surface area (Å²) in [6, 6.07) is 4.45. The van der Waals surface area contributed by atoms with Crippen LogP contribution in [0.3, 0.4) is 0 Å². The van der Waals surface area contributed by atoms with Crippen LogP contribution in [0.4, 0.5) is 35.6 Å². The maximum Gasteiger partial charge on any atom is 0.410 e. The van der Waals surface area contributed by atoms with Crippen molar-refractivity contribution in [3.63, 3.8) is 0 Å². The van der Waals surface area contributed by atoms with Crippen LogP contribution >= 0.6 is 10.2 Å². The minimum atomic E-state index is -9.94. The molecule has 0 unspecified atom stereocenters. The molecule has 50 heavy (non-hydrogen) atoms. The molecule has 1 aromatic carbocycles. The highest BCUT2D eigenvalue weighted by Crippen LogP contribution is 3.02. The van der Waals surface area contributed by atoms with Gasteiger partial charge in [-0.05, 0) is 63.9 Å². The van der Waals surface area contributed by atoms with Crippen LogP contribution in [0, 0.1) is 6.92 Å². The number of nitrogens with zero attached hydrogens (tertiary/aromatic N) is 7. The first-order valence-electron chi connectivity index (χ1n) is 15.5. The molecule has 13 nitrogen and oxygen atoms in total. The van der Waals surface area contributed by atoms with Crippen molar-refractivity contribution in [1.82, 2.24) is 29.0 Å². The average Bonchev–Trinajstić information content (AvgIpc) is 3.47. The number of carbonyl (C=O) groups excluding carboxylic acids is 2. The fraction of sp³-hybridized carbons (Fsp3) is 0.419. The zero-order valence-electron chi connectivity index (χ0n) is 28.2. The summed E-state index contributed by atoms with van der Waals surface area (Å²) in [6.07, 6.45) is 1.22. The lowest BCUT2D eigenvalue weighted by molar-refractivity contribution is -0.116. The number of carbonyl (C=O) groups is 2. The lowest BCUT2D eigenvalue weighted by Gasteiger charge is -2.40. The molecule has 272 valence electrons. The van der Waals surface area contributed by atoms with Crippen molar-refractivity contribution in [3.8, 4) is 17.3 Å². The van der Waals surface area contributed by atoms with Gasteiger partial charge in [-0.15, -0.1) is 5.10 Å². The molecule has 4 aromatic rings. The van der Waals surface area contributed by atoms with Gasteiger partial charge in [-0.1, -0.05) is 26.4 Å². The van der Waals surface area contributed by atoms with E-state index in [1.165, 1.54) is 29.7 Å². The van der Waals surface area contributed by atoms with Gasteiger partial charge in [0.05, 0.1) is 12.8 Å². The van der Waals surface area contributed by atoms with Gasteiger partial charge in [0.15, 0.2) is 5.82 Å². The largest absolute Gasteiger partial charge is 0.481 e. The number of hydrogen-bond acceptors (Lipinski definition) is 9. The number of rotatable bonds is 8. The van der Waals surface area contributed by atoms with E-state index in [-0.39, 0.29) is 79.2 Å². The number of halogens is 5. The number of aromatic nitrogens is 5. The molecule has 0 bridgehead atoms. The molecule has 0 spiro atoms. The Labute approximate surface area is 283 Å². The molecule has 4 heterocycles. The van der Waals surface area contributed by atoms with E-state index < -0.39 is 44.8 Å². The van der Waals surface area contributed by atoms with Crippen LogP contribution in [-0.4, -0.2) is 79.9 Å². The highest BCUT2D eigenvalue weighted by atomic mass is 32.5. The zero-order chi connectivity index (χ0) is 36.9. The molecule has 19 heteroatoms. The number of amides is 2. The molecule has 2 amide bonds. The molecule has 0 aliphatic carbocycles. The molecule has 0 saturated carbocycles. The number of nitrogens with one attached hydrogen (secondary N) is 1. The number of piperazine rings is 1. The third-order valence-electron chi connectivity index (χ3n) is 7.83. The third kappa shape index (κ3) is 7.76. The lowest BCUT2D eigenvalue weighted by atomic mass is 10.2. The molecule has 1 aliphatic rings. The summed E-state index contributed by atoms with van der Waals surface area (Å²) in [7, 11) is -8.51. The summed E-state index contributed by atoms with van der Waals surface area (Å²) in [5.74, 6) is -0.352. The number of fused-ring (bicyclic) bond motifs is 1. The summed E-state index contributed by atoms with van der Waals surface area (Å²) in [5, 5.41) is 6.95. The summed E-state index contributed by atoms with van der Waals surface area (Å²) in [4.78, 5) is 50.2. The van der Waals surface area contributed by atoms with Crippen LogP contribution in [-0.2, 0) is 22.5 Å². The van der Waals surface area contributed by atoms with E-state index in [0.29, 0.717) is 11.3 Å². The van der Waals surface area contributed by atoms with E-state index in [1.807, 2.05) is 0 Å². The normalized spacial score (nSPS) is 15.4. The third-order valence-corrected chi connectivity index (χ3v) is 8.97. The molecule has 0 atom stereocenters. The summed E-state index contributed by atoms with van der Waals surface area (Å²) >= 11 is 0. The predicted molar refractivity (Wildman–Crippen MR) is 178 cm³/mol. The van der Waals surface area contributed by atoms with E-state index in [0.717, 1.165) is 10.6 Å². The first-order chi connectivity index (χ1) is 23.1. The highest BCUT2D eigenvalue weighted by molar-refractivity contribution is 8.45. The summed E-state index contributed by atoms with van der Waals surface area (Å²) in [5.41, 5.74) is -0.482. The van der Waals surface area contributed by atoms with Crippen molar-refractivity contribution in [2.75, 3.05) is 43.5 Å². The van der Waals surface area contributed by atoms with Gasteiger partial charge in [0.25, 0.3) is 5.56 Å². The second-order valence-electron chi connectivity index (χ2n) is 12.7. The van der Waals surface area contributed by atoms with Crippen LogP contribution in [0.2, 0.25) is 0 Å². The van der Waals surface area contributed by atoms with E-state index in [1.54, 1.807) is 44.7 Å². The second-order valence-corrected chi connectivity index (χ2v) is 15.1. The van der Waals surface area contributed by atoms with Crippen molar-refractivity contribution in [1.29, 1.82) is 0 Å². The molecular formula is C31H37F5N8O5S. The van der Waals surface area contributed by atoms with Gasteiger partial charge < -0.3 is 29.2 Å². The molecule has 1 aliphatic heterocycles. The zero-order valence-corrected chi connectivity index (χ0v) is 29.0. The van der Waals surface area contributed by atoms with Gasteiger partial charge in [0.1, 0.15) is 22.7 Å². The van der Waals surface area contributed by atoms with E-state index in [4.69, 9.17) is 9.47 Å². The van der Waals surface area contributed by atoms with Gasteiger partial charge in [0.2, 0.25) is 17.6 Å². The SMILES string of the molecule is CCc1c(N2CCN(C(=O)OC(C)(C)C)CC2)c(=O)n2nc(-c3ccnc(OC)c3)nc2n1CC(=O)Nc1ccc(S(F)(F)(F)(F)F)cc1C. The number of pyridine rings is 1. The molecule has 1 N–H and O–H groups in total. The van der Waals surface area contributed by atoms with E-state index in [2.05, 4.69) is 20.4 Å². The van der Waals surface area contributed by atoms with E-state index >= 15 is 0 Å². The predicted octanol–water partition coefficient (Wildman–Crippen LogP) is 6.19. The first-order valence-corrected chi connectivity index (χ1v) is 17.4. The van der Waals surface area contributed by atoms with Crippen molar-refractivity contribution < 1.29 is 38.5 Å². The molecular weight excluding hydrogens is 691 g/mol. The molecule has 0 radical (unpaired) electrons. The van der Waals surface area contributed by atoms with E-state index in [9.17, 15) is 33.8 Å². The Morgan fingerprint density at radius 3 is 2.28 bits per heavy atom.